The summed E-state index contributed by atoms with van der Waals surface area (Å²) in [6.45, 7) is 4.68. The molecule has 0 unspecified atom stereocenters. The minimum absolute atomic E-state index is 0.422. The zero-order valence-electron chi connectivity index (χ0n) is 9.86. The Bertz CT molecular complexity index is 396. The Morgan fingerprint density at radius 2 is 1.94 bits per heavy atom. The van der Waals surface area contributed by atoms with Gasteiger partial charge in [-0.15, -0.1) is 0 Å². The van der Waals surface area contributed by atoms with E-state index in [-0.39, 0.29) is 0 Å². The number of benzene rings is 1. The topological polar surface area (TPSA) is 33.0 Å². The molecule has 0 atom stereocenters. The van der Waals surface area contributed by atoms with E-state index in [2.05, 4.69) is 6.07 Å². The number of nitrogens with zero attached hydrogens (tertiary/aromatic N) is 1. The largest absolute Gasteiger partial charge is 0.493 e. The van der Waals surface area contributed by atoms with Gasteiger partial charge in [0.15, 0.2) is 0 Å². The van der Waals surface area contributed by atoms with E-state index >= 15 is 0 Å². The second kappa shape index (κ2) is 4.17. The van der Waals surface area contributed by atoms with Crippen LogP contribution in [0.5, 0.6) is 5.75 Å². The fourth-order valence-electron chi connectivity index (χ4n) is 1.53. The summed E-state index contributed by atoms with van der Waals surface area (Å²) in [5.41, 5.74) is 0.614. The van der Waals surface area contributed by atoms with Crippen molar-refractivity contribution in [3.05, 3.63) is 29.8 Å². The third kappa shape index (κ3) is 2.55. The van der Waals surface area contributed by atoms with Crippen LogP contribution in [-0.2, 0) is 5.41 Å². The quantitative estimate of drug-likeness (QED) is 0.772. The molecule has 1 aliphatic rings. The van der Waals surface area contributed by atoms with Gasteiger partial charge in [-0.1, -0.05) is 12.1 Å². The standard InChI is InChI=1S/C14H17NO/c1-14(2,10-15)12-5-7-13(8-6-12)16-9-11-3-4-11/h5-8,11H,3-4,9H2,1-2H3. The third-order valence-corrected chi connectivity index (χ3v) is 3.04. The highest BCUT2D eigenvalue weighted by Gasteiger charge is 2.22. The normalized spacial score (nSPS) is 15.6. The van der Waals surface area contributed by atoms with E-state index in [1.54, 1.807) is 0 Å². The maximum atomic E-state index is 9.02. The molecule has 0 aromatic heterocycles. The van der Waals surface area contributed by atoms with Crippen molar-refractivity contribution in [2.75, 3.05) is 6.61 Å². The van der Waals surface area contributed by atoms with E-state index in [1.807, 2.05) is 38.1 Å². The van der Waals surface area contributed by atoms with Crippen molar-refractivity contribution >= 4 is 0 Å². The second-order valence-corrected chi connectivity index (χ2v) is 5.02. The molecule has 0 saturated heterocycles. The van der Waals surface area contributed by atoms with Crippen molar-refractivity contribution in [1.29, 1.82) is 5.26 Å². The van der Waals surface area contributed by atoms with Crippen molar-refractivity contribution in [3.8, 4) is 11.8 Å². The Morgan fingerprint density at radius 1 is 1.31 bits per heavy atom. The third-order valence-electron chi connectivity index (χ3n) is 3.04. The molecule has 0 aliphatic heterocycles. The summed E-state index contributed by atoms with van der Waals surface area (Å²) in [5, 5.41) is 9.02. The first-order chi connectivity index (χ1) is 7.62. The average Bonchev–Trinajstić information content (AvgIpc) is 3.11. The van der Waals surface area contributed by atoms with Crippen molar-refractivity contribution in [3.63, 3.8) is 0 Å². The Kier molecular flexibility index (Phi) is 2.87. The van der Waals surface area contributed by atoms with Gasteiger partial charge in [-0.25, -0.2) is 0 Å². The summed E-state index contributed by atoms with van der Waals surface area (Å²) in [6, 6.07) is 10.2. The maximum Gasteiger partial charge on any atom is 0.119 e. The van der Waals surface area contributed by atoms with Crippen LogP contribution >= 0.6 is 0 Å². The molecular formula is C14H17NO. The fraction of sp³-hybridized carbons (Fsp3) is 0.500. The minimum atomic E-state index is -0.422. The lowest BCUT2D eigenvalue weighted by Gasteiger charge is -2.16. The molecule has 1 saturated carbocycles. The molecule has 0 amide bonds. The number of rotatable bonds is 4. The summed E-state index contributed by atoms with van der Waals surface area (Å²) in [6.07, 6.45) is 2.61. The van der Waals surface area contributed by atoms with E-state index in [9.17, 15) is 0 Å². The molecular weight excluding hydrogens is 198 g/mol. The lowest BCUT2D eigenvalue weighted by Crippen LogP contribution is -2.13. The summed E-state index contributed by atoms with van der Waals surface area (Å²) in [4.78, 5) is 0. The van der Waals surface area contributed by atoms with Crippen LogP contribution in [0.1, 0.15) is 32.3 Å². The molecule has 2 heteroatoms. The van der Waals surface area contributed by atoms with Crippen molar-refractivity contribution < 1.29 is 4.74 Å². The smallest absolute Gasteiger partial charge is 0.119 e. The second-order valence-electron chi connectivity index (χ2n) is 5.02. The molecule has 0 radical (unpaired) electrons. The molecule has 0 bridgehead atoms. The van der Waals surface area contributed by atoms with Gasteiger partial charge in [0.05, 0.1) is 18.1 Å². The molecule has 2 nitrogen and oxygen atoms in total. The Morgan fingerprint density at radius 3 is 2.44 bits per heavy atom. The molecule has 0 heterocycles. The van der Waals surface area contributed by atoms with Crippen LogP contribution in [0.4, 0.5) is 0 Å². The highest BCUT2D eigenvalue weighted by molar-refractivity contribution is 5.35. The molecule has 1 aromatic carbocycles. The van der Waals surface area contributed by atoms with E-state index in [0.29, 0.717) is 0 Å². The summed E-state index contributed by atoms with van der Waals surface area (Å²) in [5.74, 6) is 1.68. The van der Waals surface area contributed by atoms with Gasteiger partial charge in [0.2, 0.25) is 0 Å². The van der Waals surface area contributed by atoms with Gasteiger partial charge < -0.3 is 4.74 Å². The molecule has 1 aromatic rings. The van der Waals surface area contributed by atoms with Crippen LogP contribution < -0.4 is 4.74 Å². The van der Waals surface area contributed by atoms with Crippen molar-refractivity contribution in [2.45, 2.75) is 32.1 Å². The zero-order valence-corrected chi connectivity index (χ0v) is 9.86. The predicted octanol–water partition coefficient (Wildman–Crippen LogP) is 3.28. The number of hydrogen-bond donors (Lipinski definition) is 0. The van der Waals surface area contributed by atoms with E-state index in [1.165, 1.54) is 12.8 Å². The van der Waals surface area contributed by atoms with Gasteiger partial charge in [0.1, 0.15) is 5.75 Å². The van der Waals surface area contributed by atoms with Crippen LogP contribution in [-0.4, -0.2) is 6.61 Å². The van der Waals surface area contributed by atoms with Crippen LogP contribution in [0.15, 0.2) is 24.3 Å². The highest BCUT2D eigenvalue weighted by atomic mass is 16.5. The van der Waals surface area contributed by atoms with Gasteiger partial charge in [0, 0.05) is 0 Å². The van der Waals surface area contributed by atoms with Gasteiger partial charge >= 0.3 is 0 Å². The SMILES string of the molecule is CC(C)(C#N)c1ccc(OCC2CC2)cc1. The van der Waals surface area contributed by atoms with Crippen LogP contribution in [0.25, 0.3) is 0 Å². The van der Waals surface area contributed by atoms with E-state index < -0.39 is 5.41 Å². The predicted molar refractivity (Wildman–Crippen MR) is 63.3 cm³/mol. The van der Waals surface area contributed by atoms with Crippen LogP contribution in [0, 0.1) is 17.2 Å². The van der Waals surface area contributed by atoms with Gasteiger partial charge in [-0.2, -0.15) is 5.26 Å². The Hall–Kier alpha value is -1.49. The molecule has 1 aliphatic carbocycles. The monoisotopic (exact) mass is 215 g/mol. The summed E-state index contributed by atoms with van der Waals surface area (Å²) >= 11 is 0. The molecule has 16 heavy (non-hydrogen) atoms. The van der Waals surface area contributed by atoms with E-state index in [4.69, 9.17) is 10.00 Å². The molecule has 2 rings (SSSR count). The summed E-state index contributed by atoms with van der Waals surface area (Å²) in [7, 11) is 0. The van der Waals surface area contributed by atoms with Crippen LogP contribution in [0.3, 0.4) is 0 Å². The van der Waals surface area contributed by atoms with Gasteiger partial charge in [-0.3, -0.25) is 0 Å². The number of ether oxygens (including phenoxy) is 1. The first-order valence-electron chi connectivity index (χ1n) is 5.76. The highest BCUT2D eigenvalue weighted by Crippen LogP contribution is 2.30. The Balaban J connectivity index is 2.01. The Labute approximate surface area is 96.9 Å². The maximum absolute atomic E-state index is 9.02. The van der Waals surface area contributed by atoms with Crippen molar-refractivity contribution in [1.82, 2.24) is 0 Å². The summed E-state index contributed by atoms with van der Waals surface area (Å²) < 4.78 is 5.65. The van der Waals surface area contributed by atoms with Gasteiger partial charge in [-0.05, 0) is 50.3 Å². The minimum Gasteiger partial charge on any atom is -0.493 e. The zero-order chi connectivity index (χ0) is 11.6. The lowest BCUT2D eigenvalue weighted by atomic mass is 9.86. The van der Waals surface area contributed by atoms with Gasteiger partial charge in [0.25, 0.3) is 0 Å². The molecule has 0 spiro atoms. The van der Waals surface area contributed by atoms with Crippen molar-refractivity contribution in [2.24, 2.45) is 5.92 Å². The fourth-order valence-corrected chi connectivity index (χ4v) is 1.53. The number of nitriles is 1. The first-order valence-corrected chi connectivity index (χ1v) is 5.76. The lowest BCUT2D eigenvalue weighted by molar-refractivity contribution is 0.299. The number of hydrogen-bond acceptors (Lipinski definition) is 2. The van der Waals surface area contributed by atoms with Crippen LogP contribution in [0.2, 0.25) is 0 Å². The molecule has 1 fully saturated rings. The average molecular weight is 215 g/mol. The molecule has 84 valence electrons. The molecule has 0 N–H and O–H groups in total. The first kappa shape index (κ1) is 11.0. The van der Waals surface area contributed by atoms with E-state index in [0.717, 1.165) is 23.8 Å².